The van der Waals surface area contributed by atoms with Crippen molar-refractivity contribution in [2.75, 3.05) is 0 Å². The van der Waals surface area contributed by atoms with Crippen molar-refractivity contribution in [2.45, 2.75) is 27.7 Å². The van der Waals surface area contributed by atoms with Gasteiger partial charge in [0.25, 0.3) is 0 Å². The van der Waals surface area contributed by atoms with Crippen LogP contribution in [-0.2, 0) is 0 Å². The van der Waals surface area contributed by atoms with Gasteiger partial charge in [0.2, 0.25) is 0 Å². The normalized spacial score (nSPS) is 9.79. The Morgan fingerprint density at radius 3 is 2.36 bits per heavy atom. The fourth-order valence-electron chi connectivity index (χ4n) is 1.41. The van der Waals surface area contributed by atoms with Crippen molar-refractivity contribution < 1.29 is 4.39 Å². The predicted molar refractivity (Wildman–Crippen MR) is 59.1 cm³/mol. The van der Waals surface area contributed by atoms with Crippen LogP contribution in [0, 0.1) is 19.7 Å². The third-order valence-electron chi connectivity index (χ3n) is 2.03. The van der Waals surface area contributed by atoms with E-state index in [0.29, 0.717) is 5.56 Å². The number of halogens is 1. The number of benzene rings is 1. The Morgan fingerprint density at radius 1 is 1.07 bits per heavy atom. The number of rotatable bonds is 0. The maximum Gasteiger partial charge on any atom is 0.128 e. The van der Waals surface area contributed by atoms with Crippen LogP contribution in [0.2, 0.25) is 0 Å². The Kier molecular flexibility index (Phi) is 3.28. The fourth-order valence-corrected chi connectivity index (χ4v) is 1.41. The first kappa shape index (κ1) is 10.8. The molecule has 2 heteroatoms. The van der Waals surface area contributed by atoms with Crippen LogP contribution in [0.1, 0.15) is 25.1 Å². The summed E-state index contributed by atoms with van der Waals surface area (Å²) in [5, 5.41) is 1.08. The highest BCUT2D eigenvalue weighted by molar-refractivity contribution is 5.81. The van der Waals surface area contributed by atoms with Crippen LogP contribution in [0.4, 0.5) is 4.39 Å². The van der Waals surface area contributed by atoms with E-state index in [4.69, 9.17) is 0 Å². The van der Waals surface area contributed by atoms with Crippen LogP contribution >= 0.6 is 0 Å². The van der Waals surface area contributed by atoms with Gasteiger partial charge in [-0.05, 0) is 37.6 Å². The summed E-state index contributed by atoms with van der Waals surface area (Å²) in [5.74, 6) is -0.149. The molecule has 0 aliphatic carbocycles. The standard InChI is InChI=1S/C10H10FN.C2H6/c1-6-3-8-4-7(2)12-10(8)5-9(6)11;1-2/h3-5,12H,1-2H3;1-2H3. The highest BCUT2D eigenvalue weighted by Gasteiger charge is 2.01. The second-order valence-corrected chi connectivity index (χ2v) is 3.14. The quantitative estimate of drug-likeness (QED) is 0.652. The van der Waals surface area contributed by atoms with Crippen LogP contribution in [0.3, 0.4) is 0 Å². The van der Waals surface area contributed by atoms with Crippen molar-refractivity contribution in [3.63, 3.8) is 0 Å². The van der Waals surface area contributed by atoms with Gasteiger partial charge < -0.3 is 4.98 Å². The minimum absolute atomic E-state index is 0.149. The second kappa shape index (κ2) is 4.27. The molecule has 0 radical (unpaired) electrons. The zero-order chi connectivity index (χ0) is 10.7. The van der Waals surface area contributed by atoms with E-state index in [-0.39, 0.29) is 5.82 Å². The molecule has 0 fully saturated rings. The lowest BCUT2D eigenvalue weighted by molar-refractivity contribution is 0.620. The minimum Gasteiger partial charge on any atom is -0.359 e. The van der Waals surface area contributed by atoms with Crippen LogP contribution in [0.5, 0.6) is 0 Å². The molecule has 0 amide bonds. The first-order valence-corrected chi connectivity index (χ1v) is 4.92. The summed E-state index contributed by atoms with van der Waals surface area (Å²) < 4.78 is 13.0. The summed E-state index contributed by atoms with van der Waals surface area (Å²) in [6, 6.07) is 5.41. The van der Waals surface area contributed by atoms with E-state index in [1.165, 1.54) is 6.07 Å². The van der Waals surface area contributed by atoms with Gasteiger partial charge in [0.1, 0.15) is 5.82 Å². The molecular formula is C12H16FN. The molecule has 1 heterocycles. The number of hydrogen-bond donors (Lipinski definition) is 1. The van der Waals surface area contributed by atoms with E-state index in [9.17, 15) is 4.39 Å². The zero-order valence-electron chi connectivity index (χ0n) is 9.11. The van der Waals surface area contributed by atoms with Crippen molar-refractivity contribution in [2.24, 2.45) is 0 Å². The van der Waals surface area contributed by atoms with Gasteiger partial charge in [0.15, 0.2) is 0 Å². The maximum absolute atomic E-state index is 13.0. The van der Waals surface area contributed by atoms with Gasteiger partial charge in [0.05, 0.1) is 0 Å². The Labute approximate surface area is 84.0 Å². The molecule has 0 aliphatic rings. The van der Waals surface area contributed by atoms with Gasteiger partial charge in [-0.25, -0.2) is 4.39 Å². The van der Waals surface area contributed by atoms with Crippen molar-refractivity contribution in [1.82, 2.24) is 4.98 Å². The third kappa shape index (κ3) is 1.95. The molecule has 2 rings (SSSR count). The lowest BCUT2D eigenvalue weighted by atomic mass is 10.2. The number of aryl methyl sites for hydroxylation is 2. The van der Waals surface area contributed by atoms with Gasteiger partial charge >= 0.3 is 0 Å². The molecule has 2 aromatic rings. The van der Waals surface area contributed by atoms with E-state index >= 15 is 0 Å². The highest BCUT2D eigenvalue weighted by atomic mass is 19.1. The average molecular weight is 193 g/mol. The molecule has 1 N–H and O–H groups in total. The summed E-state index contributed by atoms with van der Waals surface area (Å²) in [7, 11) is 0. The van der Waals surface area contributed by atoms with Crippen molar-refractivity contribution in [3.8, 4) is 0 Å². The van der Waals surface area contributed by atoms with Crippen LogP contribution < -0.4 is 0 Å². The van der Waals surface area contributed by atoms with Gasteiger partial charge in [-0.1, -0.05) is 13.8 Å². The minimum atomic E-state index is -0.149. The topological polar surface area (TPSA) is 15.8 Å². The van der Waals surface area contributed by atoms with Gasteiger partial charge in [0, 0.05) is 16.6 Å². The Balaban J connectivity index is 0.000000461. The number of H-pyrrole nitrogens is 1. The molecular weight excluding hydrogens is 177 g/mol. The number of aromatic nitrogens is 1. The maximum atomic E-state index is 13.0. The Bertz CT molecular complexity index is 390. The van der Waals surface area contributed by atoms with E-state index in [2.05, 4.69) is 4.98 Å². The first-order chi connectivity index (χ1) is 6.66. The Morgan fingerprint density at radius 2 is 1.71 bits per heavy atom. The number of fused-ring (bicyclic) bond motifs is 1. The van der Waals surface area contributed by atoms with E-state index < -0.39 is 0 Å². The summed E-state index contributed by atoms with van der Waals surface area (Å²) in [4.78, 5) is 3.09. The van der Waals surface area contributed by atoms with Crippen molar-refractivity contribution >= 4 is 10.9 Å². The zero-order valence-corrected chi connectivity index (χ0v) is 9.11. The number of aromatic amines is 1. The number of nitrogens with one attached hydrogen (secondary N) is 1. The van der Waals surface area contributed by atoms with Crippen LogP contribution in [0.25, 0.3) is 10.9 Å². The van der Waals surface area contributed by atoms with Crippen LogP contribution in [-0.4, -0.2) is 4.98 Å². The van der Waals surface area contributed by atoms with E-state index in [1.807, 2.05) is 32.9 Å². The summed E-state index contributed by atoms with van der Waals surface area (Å²) in [6.45, 7) is 7.74. The van der Waals surface area contributed by atoms with E-state index in [1.54, 1.807) is 6.92 Å². The van der Waals surface area contributed by atoms with Crippen molar-refractivity contribution in [1.29, 1.82) is 0 Å². The molecule has 0 aliphatic heterocycles. The first-order valence-electron chi connectivity index (χ1n) is 4.92. The monoisotopic (exact) mass is 193 g/mol. The van der Waals surface area contributed by atoms with Crippen LogP contribution in [0.15, 0.2) is 18.2 Å². The largest absolute Gasteiger partial charge is 0.359 e. The average Bonchev–Trinajstić information content (AvgIpc) is 2.49. The molecule has 1 aromatic heterocycles. The van der Waals surface area contributed by atoms with Gasteiger partial charge in [-0.15, -0.1) is 0 Å². The molecule has 1 aromatic carbocycles. The summed E-state index contributed by atoms with van der Waals surface area (Å²) >= 11 is 0. The molecule has 1 nitrogen and oxygen atoms in total. The van der Waals surface area contributed by atoms with Gasteiger partial charge in [-0.2, -0.15) is 0 Å². The lowest BCUT2D eigenvalue weighted by Crippen LogP contribution is -1.80. The van der Waals surface area contributed by atoms with E-state index in [0.717, 1.165) is 16.6 Å². The molecule has 14 heavy (non-hydrogen) atoms. The molecule has 0 saturated heterocycles. The molecule has 0 atom stereocenters. The Hall–Kier alpha value is -1.31. The van der Waals surface area contributed by atoms with Crippen molar-refractivity contribution in [3.05, 3.63) is 35.3 Å². The fraction of sp³-hybridized carbons (Fsp3) is 0.333. The molecule has 76 valence electrons. The van der Waals surface area contributed by atoms with Gasteiger partial charge in [-0.3, -0.25) is 0 Å². The lowest BCUT2D eigenvalue weighted by Gasteiger charge is -1.94. The molecule has 0 unspecified atom stereocenters. The number of hydrogen-bond acceptors (Lipinski definition) is 0. The summed E-state index contributed by atoms with van der Waals surface area (Å²) in [6.07, 6.45) is 0. The SMILES string of the molecule is CC.Cc1cc2cc(C)c(F)cc2[nH]1. The highest BCUT2D eigenvalue weighted by Crippen LogP contribution is 2.18. The third-order valence-corrected chi connectivity index (χ3v) is 2.03. The predicted octanol–water partition coefficient (Wildman–Crippen LogP) is 3.95. The molecule has 0 saturated carbocycles. The second-order valence-electron chi connectivity index (χ2n) is 3.14. The molecule has 0 spiro atoms. The smallest absolute Gasteiger partial charge is 0.128 e. The summed E-state index contributed by atoms with van der Waals surface area (Å²) in [5.41, 5.74) is 2.63. The molecule has 0 bridgehead atoms.